The first kappa shape index (κ1) is 19.5. The molecule has 158 valence electrons. The Hall–Kier alpha value is -2.50. The van der Waals surface area contributed by atoms with Crippen molar-refractivity contribution in [3.63, 3.8) is 0 Å². The molecule has 4 aliphatic carbocycles. The van der Waals surface area contributed by atoms with Gasteiger partial charge in [-0.3, -0.25) is 4.79 Å². The van der Waals surface area contributed by atoms with Crippen molar-refractivity contribution >= 4 is 22.9 Å². The molecule has 0 radical (unpaired) electrons. The Bertz CT molecular complexity index is 981. The molecule has 4 saturated carbocycles. The normalized spacial score (nSPS) is 29.2. The maximum absolute atomic E-state index is 12.4. The fraction of sp³-hybridized carbons (Fsp3) is 0.583. The first-order valence-electron chi connectivity index (χ1n) is 11.1. The van der Waals surface area contributed by atoms with E-state index in [-0.39, 0.29) is 17.9 Å². The van der Waals surface area contributed by atoms with Gasteiger partial charge < -0.3 is 10.1 Å². The number of fused-ring (bicyclic) bond motifs is 1. The number of carbonyl (C=O) groups excluding carboxylic acids is 2. The predicted molar refractivity (Wildman–Crippen MR) is 113 cm³/mol. The smallest absolute Gasteiger partial charge is 0.338 e. The van der Waals surface area contributed by atoms with E-state index < -0.39 is 5.97 Å². The van der Waals surface area contributed by atoms with Gasteiger partial charge in [0.1, 0.15) is 0 Å². The second-order valence-corrected chi connectivity index (χ2v) is 9.87. The van der Waals surface area contributed by atoms with E-state index in [1.807, 2.05) is 13.8 Å². The number of hydrogen-bond acceptors (Lipinski definition) is 5. The number of nitrogens with one attached hydrogen (secondary N) is 1. The lowest BCUT2D eigenvalue weighted by Gasteiger charge is -2.56. The van der Waals surface area contributed by atoms with Crippen LogP contribution < -0.4 is 5.32 Å². The van der Waals surface area contributed by atoms with Crippen LogP contribution in [-0.2, 0) is 9.53 Å². The van der Waals surface area contributed by atoms with Gasteiger partial charge in [0.2, 0.25) is 0 Å². The van der Waals surface area contributed by atoms with E-state index in [1.165, 1.54) is 38.5 Å². The van der Waals surface area contributed by atoms with Crippen LogP contribution in [0.2, 0.25) is 0 Å². The summed E-state index contributed by atoms with van der Waals surface area (Å²) in [5.41, 5.74) is 3.75. The summed E-state index contributed by atoms with van der Waals surface area (Å²) in [6.07, 6.45) is 7.91. The van der Waals surface area contributed by atoms with Gasteiger partial charge in [-0.05, 0) is 93.7 Å². The highest BCUT2D eigenvalue weighted by Crippen LogP contribution is 2.59. The lowest BCUT2D eigenvalue weighted by Crippen LogP contribution is -2.51. The number of esters is 1. The summed E-state index contributed by atoms with van der Waals surface area (Å²) in [7, 11) is 0. The van der Waals surface area contributed by atoms with Crippen molar-refractivity contribution < 1.29 is 14.3 Å². The fourth-order valence-electron chi connectivity index (χ4n) is 6.42. The first-order chi connectivity index (χ1) is 14.4. The molecule has 30 heavy (non-hydrogen) atoms. The quantitative estimate of drug-likeness (QED) is 0.764. The number of amides is 1. The number of rotatable bonds is 5. The van der Waals surface area contributed by atoms with Gasteiger partial charge in [-0.1, -0.05) is 0 Å². The maximum atomic E-state index is 12.4. The van der Waals surface area contributed by atoms with E-state index in [0.29, 0.717) is 11.1 Å². The van der Waals surface area contributed by atoms with Crippen LogP contribution in [0.15, 0.2) is 18.2 Å². The third-order valence-corrected chi connectivity index (χ3v) is 7.47. The molecule has 6 heteroatoms. The summed E-state index contributed by atoms with van der Waals surface area (Å²) >= 11 is 0. The van der Waals surface area contributed by atoms with E-state index in [1.54, 1.807) is 18.2 Å². The average Bonchev–Trinajstić information content (AvgIpc) is 2.70. The molecule has 1 heterocycles. The fourth-order valence-corrected chi connectivity index (χ4v) is 6.42. The molecule has 4 bridgehead atoms. The first-order valence-corrected chi connectivity index (χ1v) is 11.1. The third-order valence-electron chi connectivity index (χ3n) is 7.47. The second-order valence-electron chi connectivity index (χ2n) is 9.87. The molecule has 1 amide bonds. The molecule has 1 aromatic carbocycles. The molecule has 1 aromatic heterocycles. The van der Waals surface area contributed by atoms with Gasteiger partial charge >= 0.3 is 5.97 Å². The Morgan fingerprint density at radius 3 is 2.23 bits per heavy atom. The molecule has 0 aliphatic heterocycles. The molecular formula is C24H29N3O3. The van der Waals surface area contributed by atoms with Gasteiger partial charge in [-0.25, -0.2) is 14.8 Å². The molecule has 0 unspecified atom stereocenters. The summed E-state index contributed by atoms with van der Waals surface area (Å²) in [6, 6.07) is 5.10. The van der Waals surface area contributed by atoms with Crippen LogP contribution in [0.25, 0.3) is 11.0 Å². The van der Waals surface area contributed by atoms with Gasteiger partial charge in [0.15, 0.2) is 6.61 Å². The molecule has 0 atom stereocenters. The van der Waals surface area contributed by atoms with Crippen LogP contribution >= 0.6 is 0 Å². The largest absolute Gasteiger partial charge is 0.452 e. The topological polar surface area (TPSA) is 81.2 Å². The number of carbonyl (C=O) groups is 2. The number of hydrogen-bond donors (Lipinski definition) is 1. The summed E-state index contributed by atoms with van der Waals surface area (Å²) in [5, 5.41) is 3.05. The highest BCUT2D eigenvalue weighted by Gasteiger charge is 2.50. The molecule has 2 aromatic rings. The zero-order valence-corrected chi connectivity index (χ0v) is 17.7. The molecule has 1 N–H and O–H groups in total. The Kier molecular flexibility index (Phi) is 4.75. The minimum Gasteiger partial charge on any atom is -0.452 e. The minimum absolute atomic E-state index is 0.217. The number of benzene rings is 1. The van der Waals surface area contributed by atoms with Crippen molar-refractivity contribution in [3.8, 4) is 0 Å². The van der Waals surface area contributed by atoms with Crippen LogP contribution in [0.1, 0.15) is 60.3 Å². The van der Waals surface area contributed by atoms with E-state index >= 15 is 0 Å². The molecule has 0 saturated heterocycles. The predicted octanol–water partition coefficient (Wildman–Crippen LogP) is 3.74. The molecule has 4 aliphatic rings. The molecular weight excluding hydrogens is 378 g/mol. The Labute approximate surface area is 176 Å². The molecule has 6 nitrogen and oxygen atoms in total. The van der Waals surface area contributed by atoms with Gasteiger partial charge in [0, 0.05) is 6.54 Å². The van der Waals surface area contributed by atoms with Crippen LogP contribution in [-0.4, -0.2) is 35.0 Å². The second kappa shape index (κ2) is 7.33. The van der Waals surface area contributed by atoms with Crippen LogP contribution in [0.3, 0.4) is 0 Å². The van der Waals surface area contributed by atoms with Crippen LogP contribution in [0, 0.1) is 37.0 Å². The van der Waals surface area contributed by atoms with Crippen molar-refractivity contribution in [3.05, 3.63) is 35.2 Å². The molecule has 6 rings (SSSR count). The lowest BCUT2D eigenvalue weighted by atomic mass is 9.49. The van der Waals surface area contributed by atoms with Crippen molar-refractivity contribution in [1.29, 1.82) is 0 Å². The number of ether oxygens (including phenoxy) is 1. The van der Waals surface area contributed by atoms with Crippen molar-refractivity contribution in [1.82, 2.24) is 15.3 Å². The van der Waals surface area contributed by atoms with Crippen LogP contribution in [0.5, 0.6) is 0 Å². The lowest BCUT2D eigenvalue weighted by molar-refractivity contribution is -0.126. The van der Waals surface area contributed by atoms with Crippen LogP contribution in [0.4, 0.5) is 0 Å². The SMILES string of the molecule is Cc1nc2ccc(C(=O)OCC(=O)NCC34CC5CC(CC(C5)C3)C4)cc2nc1C. The van der Waals surface area contributed by atoms with E-state index in [4.69, 9.17) is 4.74 Å². The summed E-state index contributed by atoms with van der Waals surface area (Å²) in [6.45, 7) is 4.27. The highest BCUT2D eigenvalue weighted by molar-refractivity contribution is 5.94. The molecule has 4 fully saturated rings. The molecule has 0 spiro atoms. The zero-order valence-electron chi connectivity index (χ0n) is 17.7. The van der Waals surface area contributed by atoms with Gasteiger partial charge in [-0.2, -0.15) is 0 Å². The monoisotopic (exact) mass is 407 g/mol. The number of nitrogens with zero attached hydrogens (tertiary/aromatic N) is 2. The zero-order chi connectivity index (χ0) is 20.9. The van der Waals surface area contributed by atoms with Gasteiger partial charge in [-0.15, -0.1) is 0 Å². The summed E-state index contributed by atoms with van der Waals surface area (Å²) < 4.78 is 5.27. The van der Waals surface area contributed by atoms with Gasteiger partial charge in [0.05, 0.1) is 28.0 Å². The minimum atomic E-state index is -0.512. The summed E-state index contributed by atoms with van der Waals surface area (Å²) in [4.78, 5) is 33.7. The van der Waals surface area contributed by atoms with E-state index in [9.17, 15) is 9.59 Å². The van der Waals surface area contributed by atoms with E-state index in [2.05, 4.69) is 15.3 Å². The van der Waals surface area contributed by atoms with Crippen molar-refractivity contribution in [2.75, 3.05) is 13.2 Å². The number of aromatic nitrogens is 2. The van der Waals surface area contributed by atoms with Crippen molar-refractivity contribution in [2.24, 2.45) is 23.2 Å². The summed E-state index contributed by atoms with van der Waals surface area (Å²) in [5.74, 6) is 1.84. The standard InChI is InChI=1S/C24H29N3O3/c1-14-15(2)27-21-8-19(3-4-20(21)26-14)23(29)30-12-22(28)25-13-24-9-16-5-17(10-24)7-18(6-16)11-24/h3-4,8,16-18H,5-7,9-13H2,1-2H3,(H,25,28). The Morgan fingerprint density at radius 1 is 1.00 bits per heavy atom. The highest BCUT2D eigenvalue weighted by atomic mass is 16.5. The average molecular weight is 408 g/mol. The maximum Gasteiger partial charge on any atom is 0.338 e. The Balaban J connectivity index is 1.16. The van der Waals surface area contributed by atoms with Gasteiger partial charge in [0.25, 0.3) is 5.91 Å². The van der Waals surface area contributed by atoms with Crippen molar-refractivity contribution in [2.45, 2.75) is 52.4 Å². The van der Waals surface area contributed by atoms with E-state index in [0.717, 1.165) is 41.2 Å². The third kappa shape index (κ3) is 3.68. The number of aryl methyl sites for hydroxylation is 2. The Morgan fingerprint density at radius 2 is 1.60 bits per heavy atom.